The van der Waals surface area contributed by atoms with Crippen molar-refractivity contribution in [1.29, 1.82) is 0 Å². The predicted octanol–water partition coefficient (Wildman–Crippen LogP) is 3.00. The van der Waals surface area contributed by atoms with Crippen LogP contribution in [0.1, 0.15) is 38.1 Å². The van der Waals surface area contributed by atoms with Crippen LogP contribution in [-0.4, -0.2) is 18.8 Å². The monoisotopic (exact) mass is 226 g/mol. The SMILES string of the molecule is COc1cccc(C(C)F)c1C(C)(C)CO. The van der Waals surface area contributed by atoms with Gasteiger partial charge in [0.05, 0.1) is 13.7 Å². The van der Waals surface area contributed by atoms with Crippen LogP contribution in [0, 0.1) is 0 Å². The molecule has 3 heteroatoms. The largest absolute Gasteiger partial charge is 0.496 e. The van der Waals surface area contributed by atoms with E-state index in [0.717, 1.165) is 5.56 Å². The Balaban J connectivity index is 3.42. The summed E-state index contributed by atoms with van der Waals surface area (Å²) in [5.41, 5.74) is 0.816. The minimum atomic E-state index is -1.07. The molecule has 1 rings (SSSR count). The van der Waals surface area contributed by atoms with E-state index in [-0.39, 0.29) is 6.61 Å². The van der Waals surface area contributed by atoms with Crippen LogP contribution in [0.2, 0.25) is 0 Å². The number of halogens is 1. The van der Waals surface area contributed by atoms with E-state index >= 15 is 0 Å². The van der Waals surface area contributed by atoms with Gasteiger partial charge in [-0.15, -0.1) is 0 Å². The zero-order valence-electron chi connectivity index (χ0n) is 10.2. The lowest BCUT2D eigenvalue weighted by atomic mass is 9.81. The maximum Gasteiger partial charge on any atom is 0.123 e. The Morgan fingerprint density at radius 3 is 2.50 bits per heavy atom. The Morgan fingerprint density at radius 2 is 2.06 bits per heavy atom. The number of alkyl halides is 1. The molecule has 0 aliphatic heterocycles. The quantitative estimate of drug-likeness (QED) is 0.855. The molecule has 0 heterocycles. The molecular weight excluding hydrogens is 207 g/mol. The zero-order chi connectivity index (χ0) is 12.3. The fourth-order valence-electron chi connectivity index (χ4n) is 1.85. The van der Waals surface area contributed by atoms with Gasteiger partial charge in [0.15, 0.2) is 0 Å². The summed E-state index contributed by atoms with van der Waals surface area (Å²) in [4.78, 5) is 0. The summed E-state index contributed by atoms with van der Waals surface area (Å²) in [5.74, 6) is 0.626. The van der Waals surface area contributed by atoms with E-state index in [2.05, 4.69) is 0 Å². The van der Waals surface area contributed by atoms with Crippen molar-refractivity contribution in [2.75, 3.05) is 13.7 Å². The van der Waals surface area contributed by atoms with Crippen LogP contribution < -0.4 is 4.74 Å². The van der Waals surface area contributed by atoms with Crippen LogP contribution in [0.4, 0.5) is 4.39 Å². The predicted molar refractivity (Wildman–Crippen MR) is 62.6 cm³/mol. The van der Waals surface area contributed by atoms with Crippen molar-refractivity contribution < 1.29 is 14.2 Å². The van der Waals surface area contributed by atoms with Gasteiger partial charge in [0.2, 0.25) is 0 Å². The lowest BCUT2D eigenvalue weighted by Crippen LogP contribution is -2.25. The summed E-state index contributed by atoms with van der Waals surface area (Å²) in [7, 11) is 1.55. The number of aliphatic hydroxyl groups is 1. The third kappa shape index (κ3) is 2.35. The molecule has 1 unspecified atom stereocenters. The summed E-state index contributed by atoms with van der Waals surface area (Å²) < 4.78 is 18.8. The van der Waals surface area contributed by atoms with E-state index < -0.39 is 11.6 Å². The van der Waals surface area contributed by atoms with Crippen molar-refractivity contribution in [1.82, 2.24) is 0 Å². The minimum absolute atomic E-state index is 0.0485. The van der Waals surface area contributed by atoms with Crippen LogP contribution in [0.25, 0.3) is 0 Å². The maximum atomic E-state index is 13.5. The second kappa shape index (κ2) is 4.83. The number of hydrogen-bond donors (Lipinski definition) is 1. The zero-order valence-corrected chi connectivity index (χ0v) is 10.2. The van der Waals surface area contributed by atoms with Crippen molar-refractivity contribution in [3.8, 4) is 5.75 Å². The average Bonchev–Trinajstić information content (AvgIpc) is 2.27. The molecule has 0 aliphatic rings. The number of hydrogen-bond acceptors (Lipinski definition) is 2. The highest BCUT2D eigenvalue weighted by Crippen LogP contribution is 2.37. The molecule has 0 fully saturated rings. The molecule has 1 aromatic rings. The Labute approximate surface area is 96.1 Å². The second-order valence-electron chi connectivity index (χ2n) is 4.58. The van der Waals surface area contributed by atoms with Crippen molar-refractivity contribution >= 4 is 0 Å². The van der Waals surface area contributed by atoms with E-state index in [0.29, 0.717) is 11.3 Å². The second-order valence-corrected chi connectivity index (χ2v) is 4.58. The van der Waals surface area contributed by atoms with Crippen molar-refractivity contribution in [2.45, 2.75) is 32.4 Å². The van der Waals surface area contributed by atoms with Gasteiger partial charge in [0.25, 0.3) is 0 Å². The van der Waals surface area contributed by atoms with Gasteiger partial charge in [-0.1, -0.05) is 26.0 Å². The minimum Gasteiger partial charge on any atom is -0.496 e. The summed E-state index contributed by atoms with van der Waals surface area (Å²) in [5, 5.41) is 9.40. The van der Waals surface area contributed by atoms with Crippen molar-refractivity contribution in [3.63, 3.8) is 0 Å². The third-order valence-electron chi connectivity index (χ3n) is 2.78. The van der Waals surface area contributed by atoms with Crippen LogP contribution >= 0.6 is 0 Å². The average molecular weight is 226 g/mol. The lowest BCUT2D eigenvalue weighted by Gasteiger charge is -2.28. The highest BCUT2D eigenvalue weighted by Gasteiger charge is 2.28. The van der Waals surface area contributed by atoms with Gasteiger partial charge in [-0.05, 0) is 18.6 Å². The van der Waals surface area contributed by atoms with Crippen LogP contribution in [0.15, 0.2) is 18.2 Å². The molecule has 1 atom stereocenters. The number of benzene rings is 1. The first-order valence-electron chi connectivity index (χ1n) is 5.36. The Hall–Kier alpha value is -1.09. The Kier molecular flexibility index (Phi) is 3.92. The van der Waals surface area contributed by atoms with E-state index in [1.165, 1.54) is 6.92 Å². The molecule has 1 N–H and O–H groups in total. The third-order valence-corrected chi connectivity index (χ3v) is 2.78. The molecular formula is C13H19FO2. The summed E-state index contributed by atoms with van der Waals surface area (Å²) in [6.45, 7) is 5.19. The smallest absolute Gasteiger partial charge is 0.123 e. The molecule has 0 spiro atoms. The van der Waals surface area contributed by atoms with Gasteiger partial charge in [-0.3, -0.25) is 0 Å². The molecule has 0 saturated heterocycles. The van der Waals surface area contributed by atoms with Gasteiger partial charge in [-0.2, -0.15) is 0 Å². The van der Waals surface area contributed by atoms with E-state index in [1.54, 1.807) is 25.3 Å². The van der Waals surface area contributed by atoms with Crippen LogP contribution in [0.5, 0.6) is 5.75 Å². The van der Waals surface area contributed by atoms with Gasteiger partial charge in [0.1, 0.15) is 11.9 Å². The summed E-state index contributed by atoms with van der Waals surface area (Å²) in [6.07, 6.45) is -1.07. The van der Waals surface area contributed by atoms with E-state index in [9.17, 15) is 9.50 Å². The number of methoxy groups -OCH3 is 1. The first-order valence-corrected chi connectivity index (χ1v) is 5.36. The van der Waals surface area contributed by atoms with Crippen molar-refractivity contribution in [3.05, 3.63) is 29.3 Å². The number of aliphatic hydroxyl groups excluding tert-OH is 1. The number of rotatable bonds is 4. The fourth-order valence-corrected chi connectivity index (χ4v) is 1.85. The molecule has 0 saturated carbocycles. The van der Waals surface area contributed by atoms with Gasteiger partial charge in [-0.25, -0.2) is 4.39 Å². The Bertz CT molecular complexity index is 359. The first kappa shape index (κ1) is 13.0. The highest BCUT2D eigenvalue weighted by atomic mass is 19.1. The molecule has 2 nitrogen and oxygen atoms in total. The van der Waals surface area contributed by atoms with E-state index in [1.807, 2.05) is 13.8 Å². The highest BCUT2D eigenvalue weighted by molar-refractivity contribution is 5.46. The molecule has 0 amide bonds. The molecule has 90 valence electrons. The Morgan fingerprint density at radius 1 is 1.44 bits per heavy atom. The first-order chi connectivity index (χ1) is 7.44. The van der Waals surface area contributed by atoms with Gasteiger partial charge < -0.3 is 9.84 Å². The topological polar surface area (TPSA) is 29.5 Å². The molecule has 0 radical (unpaired) electrons. The van der Waals surface area contributed by atoms with Crippen LogP contribution in [-0.2, 0) is 5.41 Å². The lowest BCUT2D eigenvalue weighted by molar-refractivity contribution is 0.211. The van der Waals surface area contributed by atoms with Crippen LogP contribution in [0.3, 0.4) is 0 Å². The van der Waals surface area contributed by atoms with Gasteiger partial charge >= 0.3 is 0 Å². The fraction of sp³-hybridized carbons (Fsp3) is 0.538. The number of ether oxygens (including phenoxy) is 1. The normalized spacial score (nSPS) is 13.6. The molecule has 0 bridgehead atoms. The van der Waals surface area contributed by atoms with Gasteiger partial charge in [0, 0.05) is 11.0 Å². The standard InChI is InChI=1S/C13H19FO2/c1-9(14)10-6-5-7-11(16-4)12(10)13(2,3)8-15/h5-7,9,15H,8H2,1-4H3. The molecule has 0 aliphatic carbocycles. The summed E-state index contributed by atoms with van der Waals surface area (Å²) in [6, 6.07) is 5.29. The molecule has 0 aromatic heterocycles. The van der Waals surface area contributed by atoms with Crippen molar-refractivity contribution in [2.24, 2.45) is 0 Å². The molecule has 1 aromatic carbocycles. The summed E-state index contributed by atoms with van der Waals surface area (Å²) >= 11 is 0. The maximum absolute atomic E-state index is 13.5. The molecule has 16 heavy (non-hydrogen) atoms. The van der Waals surface area contributed by atoms with E-state index in [4.69, 9.17) is 4.74 Å².